The van der Waals surface area contributed by atoms with Gasteiger partial charge in [-0.05, 0) is 65.0 Å². The van der Waals surface area contributed by atoms with Crippen molar-refractivity contribution in [3.8, 4) is 0 Å². The molecule has 24 heavy (non-hydrogen) atoms. The lowest BCUT2D eigenvalue weighted by atomic mass is 9.94. The number of amides is 2. The van der Waals surface area contributed by atoms with E-state index in [2.05, 4.69) is 29.0 Å². The summed E-state index contributed by atoms with van der Waals surface area (Å²) in [7, 11) is 0. The molecule has 2 saturated heterocycles. The molecule has 0 spiro atoms. The molecule has 5 nitrogen and oxygen atoms in total. The molecule has 138 valence electrons. The van der Waals surface area contributed by atoms with Crippen molar-refractivity contribution in [1.29, 1.82) is 0 Å². The van der Waals surface area contributed by atoms with Crippen LogP contribution >= 0.6 is 0 Å². The number of rotatable bonds is 6. The number of nitrogens with one attached hydrogen (secondary N) is 1. The summed E-state index contributed by atoms with van der Waals surface area (Å²) in [6.45, 7) is 9.67. The van der Waals surface area contributed by atoms with Crippen LogP contribution in [0.25, 0.3) is 0 Å². The summed E-state index contributed by atoms with van der Waals surface area (Å²) >= 11 is 0. The second kappa shape index (κ2) is 9.40. The summed E-state index contributed by atoms with van der Waals surface area (Å²) < 4.78 is 0. The van der Waals surface area contributed by atoms with Gasteiger partial charge in [0.2, 0.25) is 11.8 Å². The lowest BCUT2D eigenvalue weighted by molar-refractivity contribution is -0.141. The average Bonchev–Trinajstić information content (AvgIpc) is 2.64. The fourth-order valence-electron chi connectivity index (χ4n) is 4.05. The monoisotopic (exact) mass is 337 g/mol. The Kier molecular flexibility index (Phi) is 7.53. The Bertz CT molecular complexity index is 419. The maximum atomic E-state index is 12.9. The van der Waals surface area contributed by atoms with Gasteiger partial charge in [0.05, 0.1) is 6.04 Å². The molecule has 0 aliphatic carbocycles. The first kappa shape index (κ1) is 19.2. The third-order valence-electron chi connectivity index (χ3n) is 5.74. The first-order chi connectivity index (χ1) is 11.6. The van der Waals surface area contributed by atoms with Gasteiger partial charge in [-0.25, -0.2) is 0 Å². The van der Waals surface area contributed by atoms with Crippen LogP contribution < -0.4 is 5.32 Å². The van der Waals surface area contributed by atoms with Crippen LogP contribution in [0.5, 0.6) is 0 Å². The second-order valence-electron chi connectivity index (χ2n) is 7.37. The maximum absolute atomic E-state index is 12.9. The zero-order chi connectivity index (χ0) is 17.5. The van der Waals surface area contributed by atoms with Gasteiger partial charge in [0.25, 0.3) is 0 Å². The fraction of sp³-hybridized carbons (Fsp3) is 0.895. The predicted octanol–water partition coefficient (Wildman–Crippen LogP) is 2.40. The molecule has 1 N–H and O–H groups in total. The number of carbonyl (C=O) groups excluding carboxylic acids is 2. The molecule has 0 aromatic rings. The molecule has 5 heteroatoms. The zero-order valence-corrected chi connectivity index (χ0v) is 15.7. The smallest absolute Gasteiger partial charge is 0.239 e. The molecular weight excluding hydrogens is 302 g/mol. The molecule has 2 atom stereocenters. The van der Waals surface area contributed by atoms with E-state index in [-0.39, 0.29) is 23.8 Å². The van der Waals surface area contributed by atoms with Gasteiger partial charge in [0.1, 0.15) is 0 Å². The van der Waals surface area contributed by atoms with Crippen molar-refractivity contribution in [1.82, 2.24) is 15.1 Å². The Morgan fingerprint density at radius 1 is 1.08 bits per heavy atom. The molecule has 0 aromatic carbocycles. The van der Waals surface area contributed by atoms with Crippen molar-refractivity contribution in [3.63, 3.8) is 0 Å². The summed E-state index contributed by atoms with van der Waals surface area (Å²) in [5.74, 6) is 0.599. The minimum atomic E-state index is -0.0585. The Morgan fingerprint density at radius 2 is 1.79 bits per heavy atom. The minimum Gasteiger partial charge on any atom is -0.356 e. The van der Waals surface area contributed by atoms with Gasteiger partial charge >= 0.3 is 0 Å². The molecule has 2 aliphatic rings. The van der Waals surface area contributed by atoms with Crippen LogP contribution in [0.2, 0.25) is 0 Å². The number of carbonyl (C=O) groups is 2. The van der Waals surface area contributed by atoms with Crippen molar-refractivity contribution < 1.29 is 9.59 Å². The van der Waals surface area contributed by atoms with Crippen molar-refractivity contribution in [2.45, 2.75) is 77.8 Å². The van der Waals surface area contributed by atoms with Crippen LogP contribution in [0.1, 0.15) is 65.7 Å². The van der Waals surface area contributed by atoms with Crippen LogP contribution in [-0.2, 0) is 9.59 Å². The molecular formula is C19H35N3O2. The number of hydrogen-bond donors (Lipinski definition) is 1. The zero-order valence-electron chi connectivity index (χ0n) is 15.7. The van der Waals surface area contributed by atoms with Gasteiger partial charge in [0, 0.05) is 25.0 Å². The maximum Gasteiger partial charge on any atom is 0.239 e. The van der Waals surface area contributed by atoms with Crippen molar-refractivity contribution >= 4 is 11.8 Å². The van der Waals surface area contributed by atoms with E-state index in [1.54, 1.807) is 0 Å². The van der Waals surface area contributed by atoms with Crippen molar-refractivity contribution in [2.75, 3.05) is 26.2 Å². The van der Waals surface area contributed by atoms with Crippen molar-refractivity contribution in [3.05, 3.63) is 0 Å². The molecule has 2 heterocycles. The number of piperidine rings is 2. The van der Waals surface area contributed by atoms with Gasteiger partial charge < -0.3 is 10.2 Å². The largest absolute Gasteiger partial charge is 0.356 e. The third kappa shape index (κ3) is 4.71. The van der Waals surface area contributed by atoms with Gasteiger partial charge in [-0.3, -0.25) is 14.5 Å². The molecule has 2 unspecified atom stereocenters. The minimum absolute atomic E-state index is 0.0585. The Balaban J connectivity index is 1.84. The van der Waals surface area contributed by atoms with Gasteiger partial charge in [-0.15, -0.1) is 0 Å². The van der Waals surface area contributed by atoms with Crippen LogP contribution in [0.3, 0.4) is 0 Å². The first-order valence-corrected chi connectivity index (χ1v) is 9.90. The van der Waals surface area contributed by atoms with Gasteiger partial charge in [0.15, 0.2) is 0 Å². The highest BCUT2D eigenvalue weighted by atomic mass is 16.2. The summed E-state index contributed by atoms with van der Waals surface area (Å²) in [5.41, 5.74) is 0. The molecule has 0 bridgehead atoms. The summed E-state index contributed by atoms with van der Waals surface area (Å²) in [4.78, 5) is 29.4. The van der Waals surface area contributed by atoms with E-state index in [0.29, 0.717) is 6.04 Å². The molecule has 0 aromatic heterocycles. The summed E-state index contributed by atoms with van der Waals surface area (Å²) in [6, 6.07) is 0.364. The van der Waals surface area contributed by atoms with E-state index in [1.807, 2.05) is 6.92 Å². The molecule has 2 rings (SSSR count). The molecule has 2 aliphatic heterocycles. The standard InChI is InChI=1S/C19H35N3O2/c1-4-11-20-18(23)16-9-13-21(14-10-16)15(3)19(24)22-12-7-6-8-17(22)5-2/h15-17H,4-14H2,1-3H3,(H,20,23). The summed E-state index contributed by atoms with van der Waals surface area (Å²) in [6.07, 6.45) is 7.29. The van der Waals surface area contributed by atoms with Crippen LogP contribution in [-0.4, -0.2) is 59.9 Å². The lowest BCUT2D eigenvalue weighted by Crippen LogP contribution is -2.54. The quantitative estimate of drug-likeness (QED) is 0.810. The van der Waals surface area contributed by atoms with Crippen LogP contribution in [0.15, 0.2) is 0 Å². The molecule has 2 amide bonds. The fourth-order valence-corrected chi connectivity index (χ4v) is 4.05. The normalized spacial score (nSPS) is 24.6. The Morgan fingerprint density at radius 3 is 2.42 bits per heavy atom. The number of hydrogen-bond acceptors (Lipinski definition) is 3. The highest BCUT2D eigenvalue weighted by Crippen LogP contribution is 2.24. The van der Waals surface area contributed by atoms with Crippen molar-refractivity contribution in [2.24, 2.45) is 5.92 Å². The molecule has 0 saturated carbocycles. The first-order valence-electron chi connectivity index (χ1n) is 9.90. The molecule has 2 fully saturated rings. The topological polar surface area (TPSA) is 52.7 Å². The lowest BCUT2D eigenvalue weighted by Gasteiger charge is -2.41. The van der Waals surface area contributed by atoms with E-state index < -0.39 is 0 Å². The third-order valence-corrected chi connectivity index (χ3v) is 5.74. The Labute approximate surface area is 147 Å². The van der Waals surface area contributed by atoms with E-state index in [1.165, 1.54) is 6.42 Å². The number of nitrogens with zero attached hydrogens (tertiary/aromatic N) is 2. The van der Waals surface area contributed by atoms with E-state index in [4.69, 9.17) is 0 Å². The SMILES string of the molecule is CCCNC(=O)C1CCN(C(C)C(=O)N2CCCCC2CC)CC1. The highest BCUT2D eigenvalue weighted by molar-refractivity contribution is 5.82. The second-order valence-corrected chi connectivity index (χ2v) is 7.37. The van der Waals surface area contributed by atoms with Gasteiger partial charge in [-0.1, -0.05) is 13.8 Å². The van der Waals surface area contributed by atoms with Crippen LogP contribution in [0.4, 0.5) is 0 Å². The van der Waals surface area contributed by atoms with E-state index in [9.17, 15) is 9.59 Å². The van der Waals surface area contributed by atoms with Gasteiger partial charge in [-0.2, -0.15) is 0 Å². The summed E-state index contributed by atoms with van der Waals surface area (Å²) in [5, 5.41) is 3.00. The average molecular weight is 338 g/mol. The van der Waals surface area contributed by atoms with E-state index in [0.717, 1.165) is 64.7 Å². The predicted molar refractivity (Wildman–Crippen MR) is 96.7 cm³/mol. The van der Waals surface area contributed by atoms with Crippen LogP contribution in [0, 0.1) is 5.92 Å². The molecule has 0 radical (unpaired) electrons. The number of likely N-dealkylation sites (tertiary alicyclic amines) is 2. The highest BCUT2D eigenvalue weighted by Gasteiger charge is 2.34. The Hall–Kier alpha value is -1.10. The van der Waals surface area contributed by atoms with E-state index >= 15 is 0 Å².